The third-order valence-electron chi connectivity index (χ3n) is 13.1. The van der Waals surface area contributed by atoms with Gasteiger partial charge in [0.15, 0.2) is 11.5 Å². The van der Waals surface area contributed by atoms with Gasteiger partial charge in [-0.25, -0.2) is 24.2 Å². The molecule has 0 saturated carbocycles. The summed E-state index contributed by atoms with van der Waals surface area (Å²) in [7, 11) is 1.60. The Morgan fingerprint density at radius 1 is 0.753 bits per heavy atom. The SMILES string of the molecule is CCCc1nc(C(C)SCc2ccc(Oc3ccc(N)c(N(C)C(=O)OC(C)(C)C)c3)nc2)c(C(=O)OCC)n1Cc1ccc(-c2ccccc2-c2nnnn2C(c2ccccc2)(c2ccccc2)c2ccccc2)cc1. The average Bonchev–Trinajstić information content (AvgIpc) is 4.09. The Bertz CT molecular complexity index is 3340. The summed E-state index contributed by atoms with van der Waals surface area (Å²) in [5.74, 6) is 2.46. The number of imidazole rings is 1. The van der Waals surface area contributed by atoms with Gasteiger partial charge in [-0.2, -0.15) is 0 Å². The molecule has 0 aliphatic heterocycles. The second kappa shape index (κ2) is 23.5. The van der Waals surface area contributed by atoms with Crippen LogP contribution in [0.1, 0.15) is 103 Å². The number of thioether (sulfide) groups is 1. The Hall–Kier alpha value is -8.56. The highest BCUT2D eigenvalue weighted by Gasteiger charge is 2.42. The van der Waals surface area contributed by atoms with E-state index in [0.29, 0.717) is 58.9 Å². The first-order chi connectivity index (χ1) is 37.3. The minimum Gasteiger partial charge on any atom is -0.461 e. The number of hydrogen-bond donors (Lipinski definition) is 1. The quantitative estimate of drug-likeness (QED) is 0.0463. The van der Waals surface area contributed by atoms with E-state index in [9.17, 15) is 9.59 Å². The molecule has 392 valence electrons. The maximum atomic E-state index is 14.0. The van der Waals surface area contributed by atoms with E-state index in [2.05, 4.69) is 133 Å². The molecule has 15 heteroatoms. The topological polar surface area (TPSA) is 165 Å². The Balaban J connectivity index is 0.962. The molecule has 9 rings (SSSR count). The molecule has 0 aliphatic rings. The van der Waals surface area contributed by atoms with Gasteiger partial charge < -0.3 is 24.5 Å². The molecule has 1 atom stereocenters. The average molecular weight is 1050 g/mol. The fourth-order valence-corrected chi connectivity index (χ4v) is 10.4. The molecular formula is C62H63N9O5S. The maximum absolute atomic E-state index is 14.0. The first-order valence-electron chi connectivity index (χ1n) is 25.8. The van der Waals surface area contributed by atoms with Crippen LogP contribution in [0.5, 0.6) is 11.6 Å². The molecule has 0 bridgehead atoms. The number of carbonyl (C=O) groups excluding carboxylic acids is 2. The molecule has 0 fully saturated rings. The van der Waals surface area contributed by atoms with E-state index >= 15 is 0 Å². The highest BCUT2D eigenvalue weighted by molar-refractivity contribution is 7.98. The number of nitrogens with zero attached hydrogens (tertiary/aromatic N) is 8. The van der Waals surface area contributed by atoms with Crippen LogP contribution in [0.2, 0.25) is 0 Å². The fraction of sp³-hybridized carbons (Fsp3) is 0.242. The lowest BCUT2D eigenvalue weighted by Gasteiger charge is -2.36. The summed E-state index contributed by atoms with van der Waals surface area (Å²) in [6.45, 7) is 12.1. The molecule has 0 spiro atoms. The van der Waals surface area contributed by atoms with Crippen molar-refractivity contribution in [2.45, 2.75) is 83.1 Å². The van der Waals surface area contributed by atoms with Crippen LogP contribution in [0.4, 0.5) is 16.2 Å². The standard InChI is InChI=1S/C62H63N9O5S/c1-8-21-54-65-56(42(3)77-41-44-32-37-55(64-39-44)75-49-35-36-52(63)53(38-49)69(7)60(73)76-61(4,5)6)57(59(72)74-9-2)70(54)40-43-30-33-45(34-31-43)50-28-19-20-29-51(50)58-66-67-68-71(58)62(46-22-13-10-14-23-46,47-24-15-11-16-25-47)48-26-17-12-18-27-48/h10-20,22-39,42H,8-9,21,40-41,63H2,1-7H3. The highest BCUT2D eigenvalue weighted by Crippen LogP contribution is 2.44. The number of pyridine rings is 1. The second-order valence-electron chi connectivity index (χ2n) is 19.6. The van der Waals surface area contributed by atoms with Crippen molar-refractivity contribution >= 4 is 35.2 Å². The van der Waals surface area contributed by atoms with Crippen LogP contribution in [0, 0.1) is 0 Å². The number of carbonyl (C=O) groups is 2. The summed E-state index contributed by atoms with van der Waals surface area (Å²) in [5, 5.41) is 13.8. The summed E-state index contributed by atoms with van der Waals surface area (Å²) in [6, 6.07) is 56.6. The predicted molar refractivity (Wildman–Crippen MR) is 304 cm³/mol. The lowest BCUT2D eigenvalue weighted by atomic mass is 9.77. The molecular weight excluding hydrogens is 983 g/mol. The van der Waals surface area contributed by atoms with E-state index in [-0.39, 0.29) is 11.9 Å². The van der Waals surface area contributed by atoms with Gasteiger partial charge in [0.2, 0.25) is 5.88 Å². The monoisotopic (exact) mass is 1050 g/mol. The molecule has 3 aromatic heterocycles. The number of nitrogens with two attached hydrogens (primary N) is 1. The minimum atomic E-state index is -0.915. The molecule has 77 heavy (non-hydrogen) atoms. The van der Waals surface area contributed by atoms with E-state index < -0.39 is 23.2 Å². The van der Waals surface area contributed by atoms with Gasteiger partial charge in [-0.05, 0) is 103 Å². The molecule has 0 saturated heterocycles. The maximum Gasteiger partial charge on any atom is 0.414 e. The number of tetrazole rings is 1. The van der Waals surface area contributed by atoms with Crippen molar-refractivity contribution in [3.8, 4) is 34.1 Å². The number of amides is 1. The minimum absolute atomic E-state index is 0.169. The zero-order valence-electron chi connectivity index (χ0n) is 44.5. The van der Waals surface area contributed by atoms with Gasteiger partial charge in [0.05, 0.1) is 23.7 Å². The number of benzene rings is 6. The number of aryl methyl sites for hydroxylation is 1. The third-order valence-corrected chi connectivity index (χ3v) is 14.3. The zero-order chi connectivity index (χ0) is 54.1. The summed E-state index contributed by atoms with van der Waals surface area (Å²) < 4.78 is 21.3. The lowest BCUT2D eigenvalue weighted by molar-refractivity contribution is 0.0511. The molecule has 1 amide bonds. The van der Waals surface area contributed by atoms with Crippen molar-refractivity contribution < 1.29 is 23.8 Å². The highest BCUT2D eigenvalue weighted by atomic mass is 32.2. The third kappa shape index (κ3) is 11.7. The normalized spacial score (nSPS) is 12.0. The molecule has 1 unspecified atom stereocenters. The van der Waals surface area contributed by atoms with Gasteiger partial charge in [-0.15, -0.1) is 16.9 Å². The smallest absolute Gasteiger partial charge is 0.414 e. The molecule has 0 aliphatic carbocycles. The van der Waals surface area contributed by atoms with Crippen molar-refractivity contribution in [3.63, 3.8) is 0 Å². The second-order valence-corrected chi connectivity index (χ2v) is 20.9. The number of rotatable bonds is 19. The summed E-state index contributed by atoms with van der Waals surface area (Å²) in [6.07, 6.45) is 2.76. The van der Waals surface area contributed by atoms with Crippen molar-refractivity contribution in [1.82, 2.24) is 34.7 Å². The van der Waals surface area contributed by atoms with Gasteiger partial charge in [-0.1, -0.05) is 153 Å². The van der Waals surface area contributed by atoms with Crippen LogP contribution in [0.15, 0.2) is 176 Å². The van der Waals surface area contributed by atoms with E-state index in [4.69, 9.17) is 35.2 Å². The molecule has 6 aromatic carbocycles. The van der Waals surface area contributed by atoms with E-state index in [1.807, 2.05) is 52.6 Å². The number of aromatic nitrogens is 7. The number of ether oxygens (including phenoxy) is 3. The first-order valence-corrected chi connectivity index (χ1v) is 26.8. The van der Waals surface area contributed by atoms with Gasteiger partial charge in [0.25, 0.3) is 0 Å². The zero-order valence-corrected chi connectivity index (χ0v) is 45.3. The van der Waals surface area contributed by atoms with Crippen LogP contribution in [-0.4, -0.2) is 66.1 Å². The van der Waals surface area contributed by atoms with Gasteiger partial charge in [0, 0.05) is 54.9 Å². The molecule has 2 N–H and O–H groups in total. The van der Waals surface area contributed by atoms with Crippen LogP contribution in [0.25, 0.3) is 22.5 Å². The van der Waals surface area contributed by atoms with E-state index in [0.717, 1.165) is 56.8 Å². The summed E-state index contributed by atoms with van der Waals surface area (Å²) in [5.41, 5.74) is 14.5. The number of nitrogen functional groups attached to an aromatic ring is 1. The Morgan fingerprint density at radius 3 is 1.95 bits per heavy atom. The van der Waals surface area contributed by atoms with E-state index in [1.54, 1.807) is 70.0 Å². The largest absolute Gasteiger partial charge is 0.461 e. The Labute approximate surface area is 454 Å². The van der Waals surface area contributed by atoms with Crippen LogP contribution >= 0.6 is 11.8 Å². The first kappa shape index (κ1) is 53.3. The molecule has 0 radical (unpaired) electrons. The van der Waals surface area contributed by atoms with Crippen LogP contribution in [0.3, 0.4) is 0 Å². The number of hydrogen-bond acceptors (Lipinski definition) is 12. The van der Waals surface area contributed by atoms with Gasteiger partial charge >= 0.3 is 12.1 Å². The van der Waals surface area contributed by atoms with Crippen molar-refractivity contribution in [1.29, 1.82) is 0 Å². The molecule has 3 heterocycles. The van der Waals surface area contributed by atoms with Crippen LogP contribution < -0.4 is 15.4 Å². The Kier molecular flexibility index (Phi) is 16.3. The van der Waals surface area contributed by atoms with Gasteiger partial charge in [0.1, 0.15) is 22.7 Å². The number of esters is 1. The summed E-state index contributed by atoms with van der Waals surface area (Å²) >= 11 is 1.66. The molecule has 14 nitrogen and oxygen atoms in total. The van der Waals surface area contributed by atoms with Crippen molar-refractivity contribution in [2.24, 2.45) is 0 Å². The van der Waals surface area contributed by atoms with Crippen LogP contribution in [-0.2, 0) is 33.7 Å². The lowest BCUT2D eigenvalue weighted by Crippen LogP contribution is -2.39. The molecule has 9 aromatic rings. The Morgan fingerprint density at radius 2 is 1.36 bits per heavy atom. The fourth-order valence-electron chi connectivity index (χ4n) is 9.47. The summed E-state index contributed by atoms with van der Waals surface area (Å²) in [4.78, 5) is 37.9. The van der Waals surface area contributed by atoms with Crippen molar-refractivity contribution in [2.75, 3.05) is 24.3 Å². The number of anilines is 2. The predicted octanol–water partition coefficient (Wildman–Crippen LogP) is 13.4. The van der Waals surface area contributed by atoms with Gasteiger partial charge in [-0.3, -0.25) is 4.90 Å². The van der Waals surface area contributed by atoms with E-state index in [1.165, 1.54) is 4.90 Å². The van der Waals surface area contributed by atoms with Crippen molar-refractivity contribution in [3.05, 3.63) is 221 Å².